The van der Waals surface area contributed by atoms with E-state index in [2.05, 4.69) is 19.2 Å². The predicted octanol–water partition coefficient (Wildman–Crippen LogP) is 1.38. The van der Waals surface area contributed by atoms with Crippen molar-refractivity contribution in [1.29, 1.82) is 0 Å². The first-order chi connectivity index (χ1) is 9.26. The molecule has 1 aromatic rings. The Kier molecular flexibility index (Phi) is 4.49. The Morgan fingerprint density at radius 3 is 2.85 bits per heavy atom. The number of ether oxygens (including phenoxy) is 1. The number of nitrogens with two attached hydrogens (primary N) is 1. The molecule has 1 aliphatic rings. The molecule has 0 saturated carbocycles. The first kappa shape index (κ1) is 15.4. The molecule has 0 bridgehead atoms. The second-order valence-electron chi connectivity index (χ2n) is 5.87. The first-order valence-electron chi connectivity index (χ1n) is 6.75. The summed E-state index contributed by atoms with van der Waals surface area (Å²) in [7, 11) is -3.63. The lowest BCUT2D eigenvalue weighted by molar-refractivity contribution is -0.0630. The summed E-state index contributed by atoms with van der Waals surface area (Å²) in [6.45, 7) is 5.55. The zero-order valence-electron chi connectivity index (χ0n) is 11.9. The van der Waals surface area contributed by atoms with Crippen molar-refractivity contribution in [2.75, 3.05) is 6.61 Å². The zero-order valence-corrected chi connectivity index (χ0v) is 12.7. The minimum atomic E-state index is -3.63. The number of sulfonamides is 1. The summed E-state index contributed by atoms with van der Waals surface area (Å²) in [5.74, 6) is 0. The number of rotatable bonds is 4. The molecular weight excluding hydrogens is 276 g/mol. The van der Waals surface area contributed by atoms with Crippen LogP contribution in [0.5, 0.6) is 0 Å². The van der Waals surface area contributed by atoms with Gasteiger partial charge in [0.25, 0.3) is 0 Å². The molecule has 1 heterocycles. The second kappa shape index (κ2) is 5.81. The fourth-order valence-electron chi connectivity index (χ4n) is 2.50. The van der Waals surface area contributed by atoms with Gasteiger partial charge < -0.3 is 10.1 Å². The molecule has 0 amide bonds. The molecule has 6 heteroatoms. The van der Waals surface area contributed by atoms with Crippen molar-refractivity contribution in [3.63, 3.8) is 0 Å². The molecule has 3 N–H and O–H groups in total. The van der Waals surface area contributed by atoms with E-state index in [1.54, 1.807) is 12.1 Å². The number of benzene rings is 1. The topological polar surface area (TPSA) is 81.4 Å². The number of hydrogen-bond acceptors (Lipinski definition) is 4. The highest BCUT2D eigenvalue weighted by molar-refractivity contribution is 7.89. The average molecular weight is 298 g/mol. The third-order valence-electron chi connectivity index (χ3n) is 3.52. The van der Waals surface area contributed by atoms with Crippen molar-refractivity contribution in [3.05, 3.63) is 29.8 Å². The molecule has 0 aromatic heterocycles. The van der Waals surface area contributed by atoms with Gasteiger partial charge >= 0.3 is 0 Å². The van der Waals surface area contributed by atoms with Crippen LogP contribution < -0.4 is 10.5 Å². The molecule has 0 spiro atoms. The molecule has 112 valence electrons. The molecule has 1 aliphatic heterocycles. The van der Waals surface area contributed by atoms with Crippen LogP contribution in [0.1, 0.15) is 32.3 Å². The van der Waals surface area contributed by atoms with E-state index in [0.29, 0.717) is 12.6 Å². The van der Waals surface area contributed by atoms with Crippen molar-refractivity contribution < 1.29 is 13.2 Å². The highest BCUT2D eigenvalue weighted by Crippen LogP contribution is 2.24. The van der Waals surface area contributed by atoms with Gasteiger partial charge in [-0.05, 0) is 44.4 Å². The average Bonchev–Trinajstić information content (AvgIpc) is 2.35. The lowest BCUT2D eigenvalue weighted by atomic mass is 9.94. The van der Waals surface area contributed by atoms with Gasteiger partial charge in [-0.1, -0.05) is 12.1 Å². The van der Waals surface area contributed by atoms with Gasteiger partial charge in [-0.2, -0.15) is 0 Å². The third kappa shape index (κ3) is 4.28. The van der Waals surface area contributed by atoms with Gasteiger partial charge in [0.15, 0.2) is 0 Å². The Morgan fingerprint density at radius 1 is 1.45 bits per heavy atom. The monoisotopic (exact) mass is 298 g/mol. The zero-order chi connectivity index (χ0) is 14.8. The van der Waals surface area contributed by atoms with Crippen LogP contribution in [-0.2, 0) is 21.3 Å². The van der Waals surface area contributed by atoms with Gasteiger partial charge in [0.1, 0.15) is 0 Å². The van der Waals surface area contributed by atoms with Gasteiger partial charge in [-0.15, -0.1) is 0 Å². The molecule has 1 aromatic carbocycles. The lowest BCUT2D eigenvalue weighted by Gasteiger charge is -2.36. The summed E-state index contributed by atoms with van der Waals surface area (Å²) in [6.07, 6.45) is 1.92. The summed E-state index contributed by atoms with van der Waals surface area (Å²) < 4.78 is 28.3. The van der Waals surface area contributed by atoms with Crippen molar-refractivity contribution in [3.8, 4) is 0 Å². The molecule has 1 unspecified atom stereocenters. The largest absolute Gasteiger partial charge is 0.375 e. The Bertz CT molecular complexity index is 570. The summed E-state index contributed by atoms with van der Waals surface area (Å²) in [6, 6.07) is 7.12. The van der Waals surface area contributed by atoms with Crippen molar-refractivity contribution >= 4 is 10.0 Å². The standard InChI is InChI=1S/C14H22N2O3S/c1-14(2)9-12(6-7-19-14)16-10-11-4-3-5-13(8-11)20(15,17)18/h3-5,8,12,16H,6-7,9-10H2,1-2H3,(H2,15,17,18). The minimum absolute atomic E-state index is 0.0988. The van der Waals surface area contributed by atoms with Crippen LogP contribution in [-0.4, -0.2) is 26.7 Å². The maximum absolute atomic E-state index is 11.3. The predicted molar refractivity (Wildman–Crippen MR) is 77.7 cm³/mol. The molecular formula is C14H22N2O3S. The lowest BCUT2D eigenvalue weighted by Crippen LogP contribution is -2.43. The summed E-state index contributed by atoms with van der Waals surface area (Å²) in [5, 5.41) is 8.59. The Morgan fingerprint density at radius 2 is 2.20 bits per heavy atom. The van der Waals surface area contributed by atoms with Crippen LogP contribution in [0.4, 0.5) is 0 Å². The summed E-state index contributed by atoms with van der Waals surface area (Å²) in [4.78, 5) is 0.157. The number of hydrogen-bond donors (Lipinski definition) is 2. The number of primary sulfonamides is 1. The SMILES string of the molecule is CC1(C)CC(NCc2cccc(S(N)(=O)=O)c2)CCO1. The Hall–Kier alpha value is -0.950. The maximum Gasteiger partial charge on any atom is 0.238 e. The quantitative estimate of drug-likeness (QED) is 0.880. The van der Waals surface area contributed by atoms with Crippen molar-refractivity contribution in [2.45, 2.75) is 49.8 Å². The summed E-state index contributed by atoms with van der Waals surface area (Å²) >= 11 is 0. The normalized spacial score (nSPS) is 22.6. The Balaban J connectivity index is 1.98. The van der Waals surface area contributed by atoms with E-state index in [1.165, 1.54) is 6.07 Å². The van der Waals surface area contributed by atoms with Crippen LogP contribution >= 0.6 is 0 Å². The molecule has 1 saturated heterocycles. The van der Waals surface area contributed by atoms with E-state index >= 15 is 0 Å². The molecule has 1 atom stereocenters. The van der Waals surface area contributed by atoms with Gasteiger partial charge in [0.05, 0.1) is 10.5 Å². The fraction of sp³-hybridized carbons (Fsp3) is 0.571. The van der Waals surface area contributed by atoms with Gasteiger partial charge in [-0.25, -0.2) is 13.6 Å². The van der Waals surface area contributed by atoms with E-state index in [4.69, 9.17) is 9.88 Å². The first-order valence-corrected chi connectivity index (χ1v) is 8.30. The molecule has 1 fully saturated rings. The van der Waals surface area contributed by atoms with Crippen molar-refractivity contribution in [1.82, 2.24) is 5.32 Å². The molecule has 20 heavy (non-hydrogen) atoms. The smallest absolute Gasteiger partial charge is 0.238 e. The van der Waals surface area contributed by atoms with Crippen LogP contribution in [0.2, 0.25) is 0 Å². The molecule has 2 rings (SSSR count). The van der Waals surface area contributed by atoms with Crippen molar-refractivity contribution in [2.24, 2.45) is 5.14 Å². The maximum atomic E-state index is 11.3. The molecule has 5 nitrogen and oxygen atoms in total. The third-order valence-corrected chi connectivity index (χ3v) is 4.43. The fourth-order valence-corrected chi connectivity index (χ4v) is 3.08. The highest BCUT2D eigenvalue weighted by atomic mass is 32.2. The highest BCUT2D eigenvalue weighted by Gasteiger charge is 2.28. The number of nitrogens with one attached hydrogen (secondary N) is 1. The Labute approximate surface area is 120 Å². The van der Waals surface area contributed by atoms with Gasteiger partial charge in [0, 0.05) is 19.2 Å². The van der Waals surface area contributed by atoms with Crippen LogP contribution in [0.15, 0.2) is 29.2 Å². The van der Waals surface area contributed by atoms with Crippen LogP contribution in [0, 0.1) is 0 Å². The molecule has 0 radical (unpaired) electrons. The van der Waals surface area contributed by atoms with Crippen LogP contribution in [0.3, 0.4) is 0 Å². The van der Waals surface area contributed by atoms with E-state index in [-0.39, 0.29) is 10.5 Å². The van der Waals surface area contributed by atoms with Crippen LogP contribution in [0.25, 0.3) is 0 Å². The summed E-state index contributed by atoms with van der Waals surface area (Å²) in [5.41, 5.74) is 0.819. The van der Waals surface area contributed by atoms with E-state index in [0.717, 1.165) is 25.0 Å². The van der Waals surface area contributed by atoms with E-state index in [9.17, 15) is 8.42 Å². The van der Waals surface area contributed by atoms with Gasteiger partial charge in [0.2, 0.25) is 10.0 Å². The second-order valence-corrected chi connectivity index (χ2v) is 7.43. The van der Waals surface area contributed by atoms with E-state index in [1.807, 2.05) is 6.07 Å². The minimum Gasteiger partial charge on any atom is -0.375 e. The van der Waals surface area contributed by atoms with Gasteiger partial charge in [-0.3, -0.25) is 0 Å². The molecule has 0 aliphatic carbocycles. The van der Waals surface area contributed by atoms with E-state index < -0.39 is 10.0 Å².